The third-order valence-electron chi connectivity index (χ3n) is 4.96. The number of rotatable bonds is 5. The molecule has 4 aromatic rings. The Bertz CT molecular complexity index is 1390. The van der Waals surface area contributed by atoms with Crippen LogP contribution in [0.3, 0.4) is 0 Å². The lowest BCUT2D eigenvalue weighted by Crippen LogP contribution is -2.20. The van der Waals surface area contributed by atoms with Crippen LogP contribution in [0, 0.1) is 13.8 Å². The molecule has 0 aliphatic heterocycles. The Balaban J connectivity index is 1.57. The lowest BCUT2D eigenvalue weighted by atomic mass is 10.1. The zero-order chi connectivity index (χ0) is 24.8. The molecule has 34 heavy (non-hydrogen) atoms. The minimum absolute atomic E-state index is 0.0371. The number of hydrogen-bond acceptors (Lipinski definition) is 4. The van der Waals surface area contributed by atoms with Crippen LogP contribution in [0.5, 0.6) is 0 Å². The molecule has 0 atom stereocenters. The molecule has 178 valence electrons. The number of hydrogen-bond donors (Lipinski definition) is 1. The highest BCUT2D eigenvalue weighted by atomic mass is 35.5. The number of halogens is 6. The smallest absolute Gasteiger partial charge is 0.306 e. The molecule has 3 heterocycles. The van der Waals surface area contributed by atoms with Gasteiger partial charge >= 0.3 is 6.18 Å². The van der Waals surface area contributed by atoms with E-state index in [2.05, 4.69) is 20.5 Å². The molecule has 0 spiro atoms. The van der Waals surface area contributed by atoms with Gasteiger partial charge in [-0.3, -0.25) is 9.48 Å². The van der Waals surface area contributed by atoms with Gasteiger partial charge in [-0.15, -0.1) is 0 Å². The maximum Gasteiger partial charge on any atom is 0.417 e. The number of fused-ring (bicyclic) bond motifs is 1. The van der Waals surface area contributed by atoms with E-state index in [1.54, 1.807) is 18.2 Å². The van der Waals surface area contributed by atoms with Gasteiger partial charge in [-0.1, -0.05) is 40.9 Å². The minimum Gasteiger partial charge on any atom is -0.306 e. The quantitative estimate of drug-likeness (QED) is 0.347. The van der Waals surface area contributed by atoms with Gasteiger partial charge in [0.1, 0.15) is 11.6 Å². The monoisotopic (exact) mass is 530 g/mol. The number of nitrogens with one attached hydrogen (secondary N) is 1. The number of pyridine rings is 1. The standard InChI is InChI=1S/C21H16Cl3F3N6O/c1-10-6-13(21(25,26)27)18-11(2)30-33(20(18)28-10)9-17(34)29-19-16(24)8-32(31-19)7-12-14(22)4-3-5-15(12)23/h3-6,8H,7,9H2,1-2H3,(H,29,31,34). The number of carbonyl (C=O) groups excluding carboxylic acids is 1. The van der Waals surface area contributed by atoms with Crippen LogP contribution in [0.25, 0.3) is 11.0 Å². The summed E-state index contributed by atoms with van der Waals surface area (Å²) in [5, 5.41) is 11.8. The van der Waals surface area contributed by atoms with E-state index in [-0.39, 0.29) is 39.8 Å². The zero-order valence-corrected chi connectivity index (χ0v) is 20.0. The van der Waals surface area contributed by atoms with Crippen molar-refractivity contribution in [1.82, 2.24) is 24.5 Å². The van der Waals surface area contributed by atoms with Gasteiger partial charge in [-0.25, -0.2) is 9.67 Å². The molecule has 0 radical (unpaired) electrons. The number of anilines is 1. The molecule has 0 bridgehead atoms. The maximum atomic E-state index is 13.5. The van der Waals surface area contributed by atoms with Gasteiger partial charge in [0.05, 0.1) is 23.2 Å². The van der Waals surface area contributed by atoms with E-state index in [0.29, 0.717) is 15.6 Å². The van der Waals surface area contributed by atoms with E-state index < -0.39 is 24.2 Å². The molecule has 1 aromatic carbocycles. The first-order valence-electron chi connectivity index (χ1n) is 9.81. The van der Waals surface area contributed by atoms with Crippen molar-refractivity contribution in [3.8, 4) is 0 Å². The molecule has 0 saturated heterocycles. The van der Waals surface area contributed by atoms with E-state index in [1.807, 2.05) is 0 Å². The van der Waals surface area contributed by atoms with Crippen LogP contribution in [0.1, 0.15) is 22.5 Å². The highest BCUT2D eigenvalue weighted by Crippen LogP contribution is 2.36. The predicted octanol–water partition coefficient (Wildman–Crippen LogP) is 5.91. The molecule has 0 unspecified atom stereocenters. The molecule has 4 rings (SSSR count). The average Bonchev–Trinajstić information content (AvgIpc) is 3.22. The Morgan fingerprint density at radius 1 is 1.09 bits per heavy atom. The van der Waals surface area contributed by atoms with Gasteiger partial charge in [0.15, 0.2) is 11.5 Å². The van der Waals surface area contributed by atoms with E-state index >= 15 is 0 Å². The average molecular weight is 532 g/mol. The summed E-state index contributed by atoms with van der Waals surface area (Å²) in [5.41, 5.74) is 0.00961. The number of carbonyl (C=O) groups is 1. The summed E-state index contributed by atoms with van der Waals surface area (Å²) >= 11 is 18.6. The lowest BCUT2D eigenvalue weighted by molar-refractivity contribution is -0.136. The Morgan fingerprint density at radius 2 is 1.76 bits per heavy atom. The summed E-state index contributed by atoms with van der Waals surface area (Å²) < 4.78 is 43.1. The van der Waals surface area contributed by atoms with Crippen LogP contribution in [0.15, 0.2) is 30.5 Å². The van der Waals surface area contributed by atoms with Gasteiger partial charge in [0.2, 0.25) is 5.91 Å². The van der Waals surface area contributed by atoms with Crippen molar-refractivity contribution in [3.63, 3.8) is 0 Å². The fourth-order valence-electron chi connectivity index (χ4n) is 3.53. The van der Waals surface area contributed by atoms with E-state index in [1.165, 1.54) is 24.7 Å². The third-order valence-corrected chi connectivity index (χ3v) is 5.95. The molecule has 3 aromatic heterocycles. The van der Waals surface area contributed by atoms with Gasteiger partial charge < -0.3 is 5.32 Å². The van der Waals surface area contributed by atoms with Gasteiger partial charge in [0, 0.05) is 27.5 Å². The van der Waals surface area contributed by atoms with Crippen LogP contribution < -0.4 is 5.32 Å². The summed E-state index contributed by atoms with van der Waals surface area (Å²) in [6.45, 7) is 2.69. The molecule has 0 fully saturated rings. The highest BCUT2D eigenvalue weighted by Gasteiger charge is 2.35. The van der Waals surface area contributed by atoms with E-state index in [4.69, 9.17) is 34.8 Å². The van der Waals surface area contributed by atoms with Crippen molar-refractivity contribution in [2.75, 3.05) is 5.32 Å². The molecular weight excluding hydrogens is 516 g/mol. The Morgan fingerprint density at radius 3 is 2.41 bits per heavy atom. The van der Waals surface area contributed by atoms with Crippen LogP contribution >= 0.6 is 34.8 Å². The van der Waals surface area contributed by atoms with Crippen LogP contribution in [0.4, 0.5) is 19.0 Å². The summed E-state index contributed by atoms with van der Waals surface area (Å²) in [4.78, 5) is 16.8. The first-order valence-corrected chi connectivity index (χ1v) is 10.9. The summed E-state index contributed by atoms with van der Waals surface area (Å²) in [6, 6.07) is 6.05. The molecule has 7 nitrogen and oxygen atoms in total. The van der Waals surface area contributed by atoms with Crippen LogP contribution in [-0.4, -0.2) is 30.5 Å². The fourth-order valence-corrected chi connectivity index (χ4v) is 4.24. The minimum atomic E-state index is -4.59. The van der Waals surface area contributed by atoms with E-state index in [0.717, 1.165) is 10.7 Å². The number of benzene rings is 1. The number of aryl methyl sites for hydroxylation is 2. The first kappa shape index (κ1) is 24.3. The Kier molecular flexibility index (Phi) is 6.50. The summed E-state index contributed by atoms with van der Waals surface area (Å²) in [7, 11) is 0. The van der Waals surface area contributed by atoms with Crippen molar-refractivity contribution >= 4 is 57.6 Å². The molecular formula is C21H16Cl3F3N6O. The van der Waals surface area contributed by atoms with Crippen LogP contribution in [0.2, 0.25) is 15.1 Å². The van der Waals surface area contributed by atoms with Gasteiger partial charge in [-0.2, -0.15) is 23.4 Å². The number of amides is 1. The molecule has 1 N–H and O–H groups in total. The lowest BCUT2D eigenvalue weighted by Gasteiger charge is -2.10. The normalized spacial score (nSPS) is 11.9. The number of aromatic nitrogens is 5. The number of alkyl halides is 3. The first-order chi connectivity index (χ1) is 15.9. The van der Waals surface area contributed by atoms with Crippen LogP contribution in [-0.2, 0) is 24.1 Å². The second kappa shape index (κ2) is 9.09. The van der Waals surface area contributed by atoms with Crippen molar-refractivity contribution in [1.29, 1.82) is 0 Å². The molecule has 0 aliphatic carbocycles. The molecule has 0 saturated carbocycles. The molecule has 13 heteroatoms. The zero-order valence-electron chi connectivity index (χ0n) is 17.7. The second-order valence-electron chi connectivity index (χ2n) is 7.52. The predicted molar refractivity (Wildman–Crippen MR) is 123 cm³/mol. The highest BCUT2D eigenvalue weighted by molar-refractivity contribution is 6.36. The summed E-state index contributed by atoms with van der Waals surface area (Å²) in [5.74, 6) is -0.521. The van der Waals surface area contributed by atoms with Crippen molar-refractivity contribution < 1.29 is 18.0 Å². The third kappa shape index (κ3) is 4.84. The van der Waals surface area contributed by atoms with Crippen molar-refractivity contribution in [3.05, 3.63) is 68.0 Å². The van der Waals surface area contributed by atoms with E-state index in [9.17, 15) is 18.0 Å². The maximum absolute atomic E-state index is 13.5. The molecule has 1 amide bonds. The largest absolute Gasteiger partial charge is 0.417 e. The topological polar surface area (TPSA) is 77.6 Å². The fraction of sp³-hybridized carbons (Fsp3) is 0.238. The Hall–Kier alpha value is -2.82. The SMILES string of the molecule is Cc1cc(C(F)(F)F)c2c(C)nn(CC(=O)Nc3nn(Cc4c(Cl)cccc4Cl)cc3Cl)c2n1. The van der Waals surface area contributed by atoms with Gasteiger partial charge in [0.25, 0.3) is 0 Å². The van der Waals surface area contributed by atoms with Gasteiger partial charge in [-0.05, 0) is 32.0 Å². The number of nitrogens with zero attached hydrogens (tertiary/aromatic N) is 5. The Labute approximate surface area is 206 Å². The van der Waals surface area contributed by atoms with Crippen molar-refractivity contribution in [2.45, 2.75) is 33.1 Å². The summed E-state index contributed by atoms with van der Waals surface area (Å²) in [6.07, 6.45) is -3.09. The molecule has 0 aliphatic rings. The second-order valence-corrected chi connectivity index (χ2v) is 8.74. The van der Waals surface area contributed by atoms with Crippen molar-refractivity contribution in [2.24, 2.45) is 0 Å².